The lowest BCUT2D eigenvalue weighted by Crippen LogP contribution is -2.05. The van der Waals surface area contributed by atoms with Gasteiger partial charge in [-0.3, -0.25) is 18.2 Å². The predicted molar refractivity (Wildman–Crippen MR) is 284 cm³/mol. The van der Waals surface area contributed by atoms with Crippen LogP contribution in [0.3, 0.4) is 0 Å². The van der Waals surface area contributed by atoms with Crippen molar-refractivity contribution in [3.05, 3.63) is 132 Å². The van der Waals surface area contributed by atoms with E-state index in [1.54, 1.807) is 87.7 Å². The molecule has 0 amide bonds. The molecule has 0 aliphatic heterocycles. The first kappa shape index (κ1) is 55.5. The number of fused-ring (bicyclic) bond motifs is 2. The molecule has 25 nitrogen and oxygen atoms in total. The Bertz CT molecular complexity index is 4350. The number of phenols is 1. The van der Waals surface area contributed by atoms with Crippen LogP contribution < -0.4 is 19.5 Å². The van der Waals surface area contributed by atoms with Gasteiger partial charge in [0.15, 0.2) is 5.75 Å². The van der Waals surface area contributed by atoms with Crippen molar-refractivity contribution >= 4 is 119 Å². The van der Waals surface area contributed by atoms with Crippen molar-refractivity contribution in [2.24, 2.45) is 40.9 Å². The van der Waals surface area contributed by atoms with E-state index >= 15 is 0 Å². The average Bonchev–Trinajstić information content (AvgIpc) is 3.46. The van der Waals surface area contributed by atoms with E-state index in [0.29, 0.717) is 57.4 Å². The van der Waals surface area contributed by atoms with Gasteiger partial charge in [0.2, 0.25) is 0 Å². The normalized spacial score (nSPS) is 12.7. The highest BCUT2D eigenvalue weighted by Crippen LogP contribution is 2.46. The van der Waals surface area contributed by atoms with Gasteiger partial charge in [-0.15, -0.1) is 20.5 Å². The van der Waals surface area contributed by atoms with Crippen molar-refractivity contribution < 1.29 is 71.2 Å². The van der Waals surface area contributed by atoms with Crippen LogP contribution in [-0.4, -0.2) is 78.3 Å². The van der Waals surface area contributed by atoms with E-state index in [0.717, 1.165) is 18.2 Å². The molecule has 8 aromatic rings. The largest absolute Gasteiger partial charge is 0.505 e. The van der Waals surface area contributed by atoms with E-state index in [-0.39, 0.29) is 39.3 Å². The van der Waals surface area contributed by atoms with E-state index in [1.165, 1.54) is 38.5 Å². The molecule has 0 fully saturated rings. The van der Waals surface area contributed by atoms with E-state index < -0.39 is 88.0 Å². The van der Waals surface area contributed by atoms with Gasteiger partial charge in [0.1, 0.15) is 54.7 Å². The molecule has 0 heterocycles. The van der Waals surface area contributed by atoms with E-state index in [2.05, 4.69) is 46.2 Å². The van der Waals surface area contributed by atoms with Crippen LogP contribution in [0.1, 0.15) is 11.1 Å². The fourth-order valence-electron chi connectivity index (χ4n) is 7.61. The van der Waals surface area contributed by atoms with Gasteiger partial charge in [0.05, 0.1) is 49.0 Å². The molecule has 0 spiro atoms. The molecular weight excluding hydrogens is 1100 g/mol. The second kappa shape index (κ2) is 21.7. The number of phenolic OH excluding ortho intramolecular Hbond substituents is 1. The number of benzene rings is 8. The number of anilines is 2. The zero-order chi connectivity index (χ0) is 56.5. The molecule has 78 heavy (non-hydrogen) atoms. The van der Waals surface area contributed by atoms with Crippen molar-refractivity contribution in [1.82, 2.24) is 0 Å². The molecule has 0 aromatic heterocycles. The van der Waals surface area contributed by atoms with Crippen LogP contribution in [0.2, 0.25) is 0 Å². The number of rotatable bonds is 17. The first-order valence-electron chi connectivity index (χ1n) is 22.1. The number of azo groups is 4. The molecule has 0 aliphatic carbocycles. The van der Waals surface area contributed by atoms with Crippen LogP contribution in [0.25, 0.3) is 21.5 Å². The molecule has 0 aliphatic rings. The van der Waals surface area contributed by atoms with Crippen molar-refractivity contribution in [3.63, 3.8) is 0 Å². The Labute approximate surface area is 444 Å². The van der Waals surface area contributed by atoms with E-state index in [4.69, 9.17) is 14.2 Å². The molecule has 6 N–H and O–H groups in total. The number of aryl methyl sites for hydroxylation is 2. The van der Waals surface area contributed by atoms with Crippen molar-refractivity contribution in [2.45, 2.75) is 33.4 Å². The summed E-state index contributed by atoms with van der Waals surface area (Å²) in [6.45, 7) is 3.38. The molecule has 8 aromatic carbocycles. The highest BCUT2D eigenvalue weighted by molar-refractivity contribution is 7.87. The molecule has 0 atom stereocenters. The molecule has 0 unspecified atom stereocenters. The summed E-state index contributed by atoms with van der Waals surface area (Å²) in [6, 6.07) is 28.1. The lowest BCUT2D eigenvalue weighted by atomic mass is 10.1. The maximum atomic E-state index is 12.6. The molecule has 0 radical (unpaired) electrons. The molecular formula is C49H41N9O16S4. The summed E-state index contributed by atoms with van der Waals surface area (Å²) in [6.07, 6.45) is 0. The molecule has 0 saturated heterocycles. The van der Waals surface area contributed by atoms with Crippen LogP contribution in [0.4, 0.5) is 56.9 Å². The summed E-state index contributed by atoms with van der Waals surface area (Å²) < 4.78 is 154. The zero-order valence-corrected chi connectivity index (χ0v) is 44.3. The SMILES string of the molecule is COc1ccc(Nc2ccc3c(O)c(N=Nc4cc(OC)c(N=Nc5ccc(N=Nc6ccc(N=Nc7cc8c(S(=O)(=O)O)cc(S(=O)(=O)O)cc8cc7S(=O)(=O)O)c(C)c6)c(C)c5)cc4OC)c(S(=O)(=O)O)cc3c2)cc1. The minimum atomic E-state index is -5.15. The van der Waals surface area contributed by atoms with Gasteiger partial charge in [0.25, 0.3) is 40.5 Å². The minimum Gasteiger partial charge on any atom is -0.505 e. The third kappa shape index (κ3) is 12.4. The molecule has 29 heteroatoms. The summed E-state index contributed by atoms with van der Waals surface area (Å²) in [5.41, 5.74) is 2.86. The third-order valence-electron chi connectivity index (χ3n) is 11.4. The van der Waals surface area contributed by atoms with Gasteiger partial charge in [-0.2, -0.15) is 54.1 Å². The van der Waals surface area contributed by atoms with E-state index in [9.17, 15) is 57.0 Å². The van der Waals surface area contributed by atoms with Crippen molar-refractivity contribution in [3.8, 4) is 23.0 Å². The van der Waals surface area contributed by atoms with Gasteiger partial charge < -0.3 is 24.6 Å². The predicted octanol–water partition coefficient (Wildman–Crippen LogP) is 12.7. The summed E-state index contributed by atoms with van der Waals surface area (Å²) in [5, 5.41) is 47.6. The summed E-state index contributed by atoms with van der Waals surface area (Å²) in [4.78, 5) is -3.58. The van der Waals surface area contributed by atoms with Crippen LogP contribution in [-0.2, 0) is 40.5 Å². The molecule has 0 bridgehead atoms. The summed E-state index contributed by atoms with van der Waals surface area (Å²) >= 11 is 0. The maximum absolute atomic E-state index is 12.6. The number of nitrogens with one attached hydrogen (secondary N) is 1. The Morgan fingerprint density at radius 2 is 0.897 bits per heavy atom. The maximum Gasteiger partial charge on any atom is 0.296 e. The summed E-state index contributed by atoms with van der Waals surface area (Å²) in [5.74, 6) is 0.337. The number of methoxy groups -OCH3 is 3. The number of aromatic hydroxyl groups is 1. The quantitative estimate of drug-likeness (QED) is 0.0364. The Morgan fingerprint density at radius 1 is 0.410 bits per heavy atom. The number of nitrogens with zero attached hydrogens (tertiary/aromatic N) is 8. The van der Waals surface area contributed by atoms with Crippen LogP contribution in [0.5, 0.6) is 23.0 Å². The Morgan fingerprint density at radius 3 is 1.41 bits per heavy atom. The van der Waals surface area contributed by atoms with Gasteiger partial charge in [-0.25, -0.2) is 0 Å². The monoisotopic (exact) mass is 1140 g/mol. The highest BCUT2D eigenvalue weighted by Gasteiger charge is 2.26. The Kier molecular flexibility index (Phi) is 15.5. The van der Waals surface area contributed by atoms with Gasteiger partial charge in [0, 0.05) is 34.3 Å². The van der Waals surface area contributed by atoms with Crippen molar-refractivity contribution in [2.75, 3.05) is 26.6 Å². The Hall–Kier alpha value is -8.68. The second-order valence-corrected chi connectivity index (χ2v) is 22.3. The van der Waals surface area contributed by atoms with Gasteiger partial charge in [-0.05, 0) is 145 Å². The average molecular weight is 1140 g/mol. The topological polar surface area (TPSA) is 376 Å². The first-order valence-corrected chi connectivity index (χ1v) is 27.9. The molecule has 8 rings (SSSR count). The lowest BCUT2D eigenvalue weighted by Gasteiger charge is -2.12. The fourth-order valence-corrected chi connectivity index (χ4v) is 10.3. The standard InChI is InChI=1S/C49H41N9O16S4/c1-26-16-33(9-14-38(26)53-51-32-10-15-39(27(2)17-32)54-57-42-23-37-29(20-46(42)77(66,67)68)19-35(75(60,61)62)22-45(37)76(63,64)65)52-55-40-24-44(74-5)41(25-43(40)73-4)56-58-48-47(78(69,70)71)21-28-18-31(8-13-36(28)49(48)59)50-30-6-11-34(72-3)12-7-30/h6-25,50,59H,1-5H3,(H,60,61,62)(H,63,64,65)(H,66,67,68)(H,69,70,71). The highest BCUT2D eigenvalue weighted by atomic mass is 32.2. The van der Waals surface area contributed by atoms with Crippen LogP contribution in [0.15, 0.2) is 182 Å². The molecule has 402 valence electrons. The Balaban J connectivity index is 0.996. The smallest absolute Gasteiger partial charge is 0.296 e. The number of hydrogen-bond acceptors (Lipinski definition) is 21. The zero-order valence-electron chi connectivity index (χ0n) is 41.0. The number of ether oxygens (including phenoxy) is 3. The fraction of sp³-hybridized carbons (Fsp3) is 0.102. The van der Waals surface area contributed by atoms with Gasteiger partial charge in [-0.1, -0.05) is 0 Å². The summed E-state index contributed by atoms with van der Waals surface area (Å²) in [7, 11) is -16.0. The van der Waals surface area contributed by atoms with Crippen molar-refractivity contribution in [1.29, 1.82) is 0 Å². The second-order valence-electron chi connectivity index (χ2n) is 16.7. The van der Waals surface area contributed by atoms with Crippen LogP contribution >= 0.6 is 0 Å². The third-order valence-corrected chi connectivity index (χ3v) is 14.9. The number of hydrogen-bond donors (Lipinski definition) is 6. The van der Waals surface area contributed by atoms with E-state index in [1.807, 2.05) is 0 Å². The van der Waals surface area contributed by atoms with Gasteiger partial charge >= 0.3 is 0 Å². The minimum absolute atomic E-state index is 0.0327. The molecule has 0 saturated carbocycles. The van der Waals surface area contributed by atoms with Crippen LogP contribution in [0, 0.1) is 13.8 Å². The first-order chi connectivity index (χ1) is 36.7. The lowest BCUT2D eigenvalue weighted by molar-refractivity contribution is 0.405.